The van der Waals surface area contributed by atoms with Gasteiger partial charge in [0, 0.05) is 23.6 Å². The summed E-state index contributed by atoms with van der Waals surface area (Å²) in [5.74, 6) is -0.0718. The van der Waals surface area contributed by atoms with Crippen LogP contribution in [-0.2, 0) is 22.4 Å². The molecule has 20 heavy (non-hydrogen) atoms. The fourth-order valence-electron chi connectivity index (χ4n) is 2.23. The van der Waals surface area contributed by atoms with Gasteiger partial charge in [0.1, 0.15) is 23.9 Å². The van der Waals surface area contributed by atoms with Crippen molar-refractivity contribution in [2.45, 2.75) is 25.7 Å². The van der Waals surface area contributed by atoms with E-state index in [4.69, 9.17) is 14.6 Å². The van der Waals surface area contributed by atoms with Crippen LogP contribution in [0.2, 0.25) is 0 Å². The van der Waals surface area contributed by atoms with E-state index >= 15 is 0 Å². The van der Waals surface area contributed by atoms with Crippen LogP contribution in [0, 0.1) is 0 Å². The highest BCUT2D eigenvalue weighted by molar-refractivity contribution is 5.70. The zero-order valence-corrected chi connectivity index (χ0v) is 11.1. The molecule has 0 saturated heterocycles. The van der Waals surface area contributed by atoms with Gasteiger partial charge in [-0.3, -0.25) is 4.79 Å². The van der Waals surface area contributed by atoms with E-state index in [9.17, 15) is 15.0 Å². The maximum atomic E-state index is 11.4. The molecule has 1 aliphatic heterocycles. The lowest BCUT2D eigenvalue weighted by Crippen LogP contribution is -2.11. The first-order valence-corrected chi connectivity index (χ1v) is 6.59. The van der Waals surface area contributed by atoms with Gasteiger partial charge in [0.05, 0.1) is 13.2 Å². The molecule has 1 aromatic carbocycles. The topological polar surface area (TPSA) is 96.2 Å². The van der Waals surface area contributed by atoms with Gasteiger partial charge in [0.2, 0.25) is 0 Å². The highest BCUT2D eigenvalue weighted by Gasteiger charge is 2.21. The molecule has 0 radical (unpaired) electrons. The monoisotopic (exact) mass is 282 g/mol. The van der Waals surface area contributed by atoms with E-state index in [1.54, 1.807) is 0 Å². The molecule has 0 aliphatic carbocycles. The van der Waals surface area contributed by atoms with Crippen LogP contribution in [-0.4, -0.2) is 41.1 Å². The van der Waals surface area contributed by atoms with Gasteiger partial charge in [-0.1, -0.05) is 0 Å². The Morgan fingerprint density at radius 2 is 2.20 bits per heavy atom. The third-order valence-electron chi connectivity index (χ3n) is 3.21. The van der Waals surface area contributed by atoms with Crippen molar-refractivity contribution in [1.29, 1.82) is 0 Å². The Kier molecular flexibility index (Phi) is 4.68. The van der Waals surface area contributed by atoms with E-state index in [1.165, 1.54) is 6.07 Å². The highest BCUT2D eigenvalue weighted by Crippen LogP contribution is 2.41. The van der Waals surface area contributed by atoms with Gasteiger partial charge in [0.15, 0.2) is 0 Å². The minimum absolute atomic E-state index is 0.00495. The number of carbonyl (C=O) groups is 1. The summed E-state index contributed by atoms with van der Waals surface area (Å²) in [6.45, 7) is 0.298. The molecule has 1 aliphatic rings. The van der Waals surface area contributed by atoms with Crippen LogP contribution in [0.4, 0.5) is 0 Å². The quantitative estimate of drug-likeness (QED) is 0.694. The predicted octanol–water partition coefficient (Wildman–Crippen LogP) is 0.891. The van der Waals surface area contributed by atoms with Crippen molar-refractivity contribution in [1.82, 2.24) is 0 Å². The van der Waals surface area contributed by atoms with Crippen LogP contribution in [0.5, 0.6) is 17.2 Å². The molecule has 0 atom stereocenters. The number of aromatic hydroxyl groups is 2. The SMILES string of the molecule is O=C(CCc1c(O)cc2c(c1O)CCCO2)OCCO. The molecule has 0 saturated carbocycles. The molecule has 0 unspecified atom stereocenters. The van der Waals surface area contributed by atoms with Crippen LogP contribution in [0.25, 0.3) is 0 Å². The summed E-state index contributed by atoms with van der Waals surface area (Å²) < 4.78 is 10.1. The first kappa shape index (κ1) is 14.5. The Labute approximate surface area is 116 Å². The lowest BCUT2D eigenvalue weighted by Gasteiger charge is -2.20. The van der Waals surface area contributed by atoms with Crippen molar-refractivity contribution in [2.24, 2.45) is 0 Å². The fraction of sp³-hybridized carbons (Fsp3) is 0.500. The molecule has 110 valence electrons. The van der Waals surface area contributed by atoms with Gasteiger partial charge >= 0.3 is 5.97 Å². The fourth-order valence-corrected chi connectivity index (χ4v) is 2.23. The average molecular weight is 282 g/mol. The average Bonchev–Trinajstić information content (AvgIpc) is 2.45. The van der Waals surface area contributed by atoms with Crippen LogP contribution in [0.1, 0.15) is 24.0 Å². The van der Waals surface area contributed by atoms with E-state index in [2.05, 4.69) is 0 Å². The molecule has 6 nitrogen and oxygen atoms in total. The summed E-state index contributed by atoms with van der Waals surface area (Å²) in [6, 6.07) is 1.47. The van der Waals surface area contributed by atoms with E-state index in [0.29, 0.717) is 29.9 Å². The van der Waals surface area contributed by atoms with Gasteiger partial charge < -0.3 is 24.8 Å². The number of esters is 1. The number of aliphatic hydroxyl groups is 1. The van der Waals surface area contributed by atoms with E-state index in [1.807, 2.05) is 0 Å². The Balaban J connectivity index is 2.10. The van der Waals surface area contributed by atoms with Crippen molar-refractivity contribution in [3.05, 3.63) is 17.2 Å². The standard InChI is InChI=1S/C14H18O6/c15-5-7-20-13(17)4-3-9-11(16)8-12-10(14(9)18)2-1-6-19-12/h8,15-16,18H,1-7H2. The third-order valence-corrected chi connectivity index (χ3v) is 3.21. The number of ether oxygens (including phenoxy) is 2. The molecule has 0 spiro atoms. The molecule has 0 fully saturated rings. The van der Waals surface area contributed by atoms with Crippen molar-refractivity contribution >= 4 is 5.97 Å². The normalized spacial score (nSPS) is 13.4. The maximum Gasteiger partial charge on any atom is 0.306 e. The Hall–Kier alpha value is -1.95. The second kappa shape index (κ2) is 6.47. The largest absolute Gasteiger partial charge is 0.507 e. The number of hydrogen-bond donors (Lipinski definition) is 3. The predicted molar refractivity (Wildman–Crippen MR) is 70.0 cm³/mol. The van der Waals surface area contributed by atoms with Gasteiger partial charge in [-0.2, -0.15) is 0 Å². The second-order valence-corrected chi connectivity index (χ2v) is 4.60. The Morgan fingerprint density at radius 1 is 1.40 bits per heavy atom. The van der Waals surface area contributed by atoms with Gasteiger partial charge in [0.25, 0.3) is 0 Å². The van der Waals surface area contributed by atoms with Crippen LogP contribution >= 0.6 is 0 Å². The van der Waals surface area contributed by atoms with Crippen LogP contribution < -0.4 is 4.74 Å². The van der Waals surface area contributed by atoms with E-state index in [-0.39, 0.29) is 37.6 Å². The molecule has 1 heterocycles. The van der Waals surface area contributed by atoms with Gasteiger partial charge in [-0.25, -0.2) is 0 Å². The summed E-state index contributed by atoms with van der Waals surface area (Å²) in [4.78, 5) is 11.4. The number of carbonyl (C=O) groups excluding carboxylic acids is 1. The van der Waals surface area contributed by atoms with Gasteiger partial charge in [-0.15, -0.1) is 0 Å². The zero-order valence-electron chi connectivity index (χ0n) is 11.1. The van der Waals surface area contributed by atoms with Crippen LogP contribution in [0.15, 0.2) is 6.07 Å². The third kappa shape index (κ3) is 3.14. The number of fused-ring (bicyclic) bond motifs is 1. The van der Waals surface area contributed by atoms with Crippen molar-refractivity contribution in [3.8, 4) is 17.2 Å². The van der Waals surface area contributed by atoms with Crippen LogP contribution in [0.3, 0.4) is 0 Å². The Bertz CT molecular complexity index is 497. The van der Waals surface area contributed by atoms with Gasteiger partial charge in [-0.05, 0) is 19.3 Å². The lowest BCUT2D eigenvalue weighted by molar-refractivity contribution is -0.144. The molecule has 0 bridgehead atoms. The smallest absolute Gasteiger partial charge is 0.306 e. The molecule has 0 amide bonds. The number of phenolic OH excluding ortho intramolecular Hbond substituents is 2. The first-order valence-electron chi connectivity index (χ1n) is 6.59. The molecule has 1 aromatic rings. The minimum atomic E-state index is -0.480. The number of hydrogen-bond acceptors (Lipinski definition) is 6. The molecule has 3 N–H and O–H groups in total. The number of benzene rings is 1. The van der Waals surface area contributed by atoms with E-state index < -0.39 is 5.97 Å². The number of phenols is 2. The first-order chi connectivity index (χ1) is 9.63. The van der Waals surface area contributed by atoms with E-state index in [0.717, 1.165) is 6.42 Å². The molecular formula is C14H18O6. The summed E-state index contributed by atoms with van der Waals surface area (Å²) in [5, 5.41) is 28.6. The maximum absolute atomic E-state index is 11.4. The number of rotatable bonds is 5. The number of aliphatic hydroxyl groups excluding tert-OH is 1. The summed E-state index contributed by atoms with van der Waals surface area (Å²) in [5.41, 5.74) is 1.00. The molecule has 0 aromatic heterocycles. The lowest BCUT2D eigenvalue weighted by atomic mass is 9.98. The summed E-state index contributed by atoms with van der Waals surface area (Å²) in [7, 11) is 0. The van der Waals surface area contributed by atoms with Crippen molar-refractivity contribution in [2.75, 3.05) is 19.8 Å². The molecule has 2 rings (SSSR count). The molecular weight excluding hydrogens is 264 g/mol. The summed E-state index contributed by atoms with van der Waals surface area (Å²) in [6.07, 6.45) is 1.70. The second-order valence-electron chi connectivity index (χ2n) is 4.60. The zero-order chi connectivity index (χ0) is 14.5. The summed E-state index contributed by atoms with van der Waals surface area (Å²) >= 11 is 0. The van der Waals surface area contributed by atoms with Crippen molar-refractivity contribution < 1.29 is 29.6 Å². The minimum Gasteiger partial charge on any atom is -0.507 e. The molecule has 6 heteroatoms. The Morgan fingerprint density at radius 3 is 2.95 bits per heavy atom. The highest BCUT2D eigenvalue weighted by atomic mass is 16.5. The van der Waals surface area contributed by atoms with Crippen molar-refractivity contribution in [3.63, 3.8) is 0 Å².